The molecule has 100 valence electrons. The minimum absolute atomic E-state index is 0.200. The van der Waals surface area contributed by atoms with Gasteiger partial charge in [0.2, 0.25) is 0 Å². The summed E-state index contributed by atoms with van der Waals surface area (Å²) in [5.74, 6) is 1.02. The summed E-state index contributed by atoms with van der Waals surface area (Å²) in [6.45, 7) is 2.75. The normalized spacial score (nSPS) is 12.5. The Hall–Kier alpha value is -1.26. The van der Waals surface area contributed by atoms with Crippen LogP contribution in [0, 0.1) is 5.41 Å². The van der Waals surface area contributed by atoms with E-state index in [2.05, 4.69) is 4.90 Å². The number of hydrogen-bond donors (Lipinski definition) is 2. The van der Waals surface area contributed by atoms with E-state index in [-0.39, 0.29) is 11.9 Å². The monoisotopic (exact) mass is 269 g/mol. The van der Waals surface area contributed by atoms with Crippen LogP contribution in [0.25, 0.3) is 0 Å². The number of ether oxygens (including phenoxy) is 1. The summed E-state index contributed by atoms with van der Waals surface area (Å²) in [4.78, 5) is 2.12. The second kappa shape index (κ2) is 6.61. The molecule has 0 aromatic heterocycles. The number of nitrogens with two attached hydrogens (primary N) is 1. The molecule has 5 heteroatoms. The molecule has 0 amide bonds. The maximum Gasteiger partial charge on any atom is 0.123 e. The first-order chi connectivity index (χ1) is 8.43. The van der Waals surface area contributed by atoms with Gasteiger partial charge in [0.25, 0.3) is 0 Å². The second-order valence-corrected chi connectivity index (χ2v) is 4.89. The highest BCUT2D eigenvalue weighted by Crippen LogP contribution is 2.24. The van der Waals surface area contributed by atoms with Crippen molar-refractivity contribution in [2.75, 3.05) is 14.2 Å². The Kier molecular flexibility index (Phi) is 5.44. The molecule has 0 fully saturated rings. The van der Waals surface area contributed by atoms with Crippen molar-refractivity contribution in [2.24, 2.45) is 5.73 Å². The smallest absolute Gasteiger partial charge is 0.123 e. The first-order valence-corrected chi connectivity index (χ1v) is 6.17. The van der Waals surface area contributed by atoms with Crippen LogP contribution in [0.3, 0.4) is 0 Å². The molecule has 0 saturated heterocycles. The topological polar surface area (TPSA) is 62.3 Å². The highest BCUT2D eigenvalue weighted by Gasteiger charge is 2.13. The number of hydrogen-bond acceptors (Lipinski definition) is 3. The number of amidine groups is 1. The van der Waals surface area contributed by atoms with Crippen LogP contribution >= 0.6 is 11.6 Å². The molecule has 1 aromatic rings. The third-order valence-electron chi connectivity index (χ3n) is 2.93. The average Bonchev–Trinajstić information content (AvgIpc) is 2.28. The molecule has 3 N–H and O–H groups in total. The first-order valence-electron chi connectivity index (χ1n) is 5.79. The molecule has 0 aliphatic carbocycles. The van der Waals surface area contributed by atoms with Crippen LogP contribution in [0.4, 0.5) is 0 Å². The predicted octanol–water partition coefficient (Wildman–Crippen LogP) is 2.49. The summed E-state index contributed by atoms with van der Waals surface area (Å²) in [5.41, 5.74) is 6.45. The predicted molar refractivity (Wildman–Crippen MR) is 75.5 cm³/mol. The van der Waals surface area contributed by atoms with Gasteiger partial charge in [0.1, 0.15) is 5.75 Å². The zero-order valence-electron chi connectivity index (χ0n) is 11.0. The van der Waals surface area contributed by atoms with E-state index in [1.807, 2.05) is 32.2 Å². The molecule has 0 aliphatic rings. The van der Waals surface area contributed by atoms with E-state index in [9.17, 15) is 0 Å². The number of rotatable bonds is 6. The van der Waals surface area contributed by atoms with Crippen LogP contribution in [-0.2, 0) is 6.54 Å². The Balaban J connectivity index is 2.77. The van der Waals surface area contributed by atoms with E-state index in [1.165, 1.54) is 0 Å². The average molecular weight is 270 g/mol. The van der Waals surface area contributed by atoms with Crippen LogP contribution in [-0.4, -0.2) is 30.9 Å². The standard InChI is InChI=1S/C13H20ClN3O/c1-9(6-13(15)16)17(2)8-10-7-11(14)4-5-12(10)18-3/h4-5,7,9H,6,8H2,1-3H3,(H3,15,16). The molecule has 0 radical (unpaired) electrons. The van der Waals surface area contributed by atoms with Crippen LogP contribution in [0.5, 0.6) is 5.75 Å². The van der Waals surface area contributed by atoms with Crippen molar-refractivity contribution in [3.63, 3.8) is 0 Å². The van der Waals surface area contributed by atoms with Gasteiger partial charge in [0.15, 0.2) is 0 Å². The molecule has 0 saturated carbocycles. The third-order valence-corrected chi connectivity index (χ3v) is 3.17. The molecule has 0 bridgehead atoms. The maximum atomic E-state index is 7.32. The van der Waals surface area contributed by atoms with Gasteiger partial charge in [-0.2, -0.15) is 0 Å². The number of nitrogens with one attached hydrogen (secondary N) is 1. The third kappa shape index (κ3) is 4.20. The zero-order valence-corrected chi connectivity index (χ0v) is 11.8. The van der Waals surface area contributed by atoms with Gasteiger partial charge in [-0.1, -0.05) is 11.6 Å². The summed E-state index contributed by atoms with van der Waals surface area (Å²) in [6, 6.07) is 5.77. The van der Waals surface area contributed by atoms with Gasteiger partial charge < -0.3 is 10.5 Å². The minimum Gasteiger partial charge on any atom is -0.496 e. The molecule has 18 heavy (non-hydrogen) atoms. The van der Waals surface area contributed by atoms with Crippen molar-refractivity contribution in [1.29, 1.82) is 5.41 Å². The Morgan fingerprint density at radius 2 is 2.22 bits per heavy atom. The van der Waals surface area contributed by atoms with E-state index in [0.717, 1.165) is 11.3 Å². The van der Waals surface area contributed by atoms with Gasteiger partial charge >= 0.3 is 0 Å². The molecular weight excluding hydrogens is 250 g/mol. The van der Waals surface area contributed by atoms with Crippen molar-refractivity contribution in [3.05, 3.63) is 28.8 Å². The quantitative estimate of drug-likeness (QED) is 0.616. The fourth-order valence-electron chi connectivity index (χ4n) is 1.77. The lowest BCUT2D eigenvalue weighted by molar-refractivity contribution is 0.250. The Morgan fingerprint density at radius 1 is 1.56 bits per heavy atom. The van der Waals surface area contributed by atoms with Crippen LogP contribution in [0.15, 0.2) is 18.2 Å². The highest BCUT2D eigenvalue weighted by molar-refractivity contribution is 6.30. The zero-order chi connectivity index (χ0) is 13.7. The van der Waals surface area contributed by atoms with Crippen molar-refractivity contribution in [3.8, 4) is 5.75 Å². The summed E-state index contributed by atoms with van der Waals surface area (Å²) < 4.78 is 5.31. The van der Waals surface area contributed by atoms with Gasteiger partial charge in [-0.05, 0) is 32.2 Å². The molecule has 0 aliphatic heterocycles. The van der Waals surface area contributed by atoms with E-state index in [4.69, 9.17) is 27.5 Å². The molecule has 1 rings (SSSR count). The molecule has 1 aromatic carbocycles. The van der Waals surface area contributed by atoms with Crippen LogP contribution < -0.4 is 10.5 Å². The number of halogens is 1. The highest BCUT2D eigenvalue weighted by atomic mass is 35.5. The lowest BCUT2D eigenvalue weighted by atomic mass is 10.1. The number of benzene rings is 1. The minimum atomic E-state index is 0.200. The number of methoxy groups -OCH3 is 1. The van der Waals surface area contributed by atoms with Gasteiger partial charge in [-0.25, -0.2) is 0 Å². The van der Waals surface area contributed by atoms with E-state index < -0.39 is 0 Å². The summed E-state index contributed by atoms with van der Waals surface area (Å²) in [7, 11) is 3.64. The summed E-state index contributed by atoms with van der Waals surface area (Å²) in [6.07, 6.45) is 0.555. The van der Waals surface area contributed by atoms with E-state index >= 15 is 0 Å². The van der Waals surface area contributed by atoms with Crippen molar-refractivity contribution in [1.82, 2.24) is 4.90 Å². The fourth-order valence-corrected chi connectivity index (χ4v) is 1.96. The number of nitrogens with zero attached hydrogens (tertiary/aromatic N) is 1. The molecule has 1 unspecified atom stereocenters. The lowest BCUT2D eigenvalue weighted by Gasteiger charge is -2.25. The molecular formula is C13H20ClN3O. The van der Waals surface area contributed by atoms with E-state index in [1.54, 1.807) is 7.11 Å². The Bertz CT molecular complexity index is 423. The van der Waals surface area contributed by atoms with Gasteiger partial charge in [0.05, 0.1) is 12.9 Å². The van der Waals surface area contributed by atoms with Gasteiger partial charge in [-0.3, -0.25) is 10.3 Å². The molecule has 1 atom stereocenters. The van der Waals surface area contributed by atoms with Crippen LogP contribution in [0.1, 0.15) is 18.9 Å². The van der Waals surface area contributed by atoms with Crippen LogP contribution in [0.2, 0.25) is 5.02 Å². The fraction of sp³-hybridized carbons (Fsp3) is 0.462. The second-order valence-electron chi connectivity index (χ2n) is 4.45. The molecule has 4 nitrogen and oxygen atoms in total. The van der Waals surface area contributed by atoms with E-state index in [0.29, 0.717) is 18.0 Å². The van der Waals surface area contributed by atoms with Gasteiger partial charge in [-0.15, -0.1) is 0 Å². The summed E-state index contributed by atoms with van der Waals surface area (Å²) >= 11 is 5.99. The van der Waals surface area contributed by atoms with Crippen molar-refractivity contribution >= 4 is 17.4 Å². The molecule has 0 heterocycles. The SMILES string of the molecule is COc1ccc(Cl)cc1CN(C)C(C)CC(=N)N. The van der Waals surface area contributed by atoms with Crippen molar-refractivity contribution in [2.45, 2.75) is 25.9 Å². The molecule has 0 spiro atoms. The lowest BCUT2D eigenvalue weighted by Crippen LogP contribution is -2.32. The summed E-state index contributed by atoms with van der Waals surface area (Å²) in [5, 5.41) is 8.01. The Morgan fingerprint density at radius 3 is 2.78 bits per heavy atom. The Labute approximate surface area is 113 Å². The van der Waals surface area contributed by atoms with Gasteiger partial charge in [0, 0.05) is 29.6 Å². The largest absolute Gasteiger partial charge is 0.496 e. The van der Waals surface area contributed by atoms with Crippen molar-refractivity contribution < 1.29 is 4.74 Å². The first kappa shape index (κ1) is 14.8. The maximum absolute atomic E-state index is 7.32.